The van der Waals surface area contributed by atoms with Crippen molar-refractivity contribution in [2.24, 2.45) is 0 Å². The Hall–Kier alpha value is -2.22. The first-order chi connectivity index (χ1) is 9.39. The van der Waals surface area contributed by atoms with E-state index < -0.39 is 11.5 Å². The van der Waals surface area contributed by atoms with E-state index in [0.29, 0.717) is 11.5 Å². The summed E-state index contributed by atoms with van der Waals surface area (Å²) in [5, 5.41) is 9.25. The molecule has 1 unspecified atom stereocenters. The third-order valence-corrected chi connectivity index (χ3v) is 2.75. The first kappa shape index (κ1) is 14.2. The Morgan fingerprint density at radius 2 is 2.10 bits per heavy atom. The number of benzene rings is 1. The third-order valence-electron chi connectivity index (χ3n) is 2.75. The van der Waals surface area contributed by atoms with E-state index in [4.69, 9.17) is 14.2 Å². The van der Waals surface area contributed by atoms with Crippen molar-refractivity contribution < 1.29 is 19.0 Å². The second-order valence-electron chi connectivity index (χ2n) is 5.58. The lowest BCUT2D eigenvalue weighted by atomic mass is 9.97. The Balaban J connectivity index is 2.09. The average Bonchev–Trinajstić information content (AvgIpc) is 2.80. The molecular weight excluding hydrogens is 258 g/mol. The molecule has 0 fully saturated rings. The predicted molar refractivity (Wildman–Crippen MR) is 71.4 cm³/mol. The molecule has 1 atom stereocenters. The van der Waals surface area contributed by atoms with Gasteiger partial charge >= 0.3 is 5.97 Å². The van der Waals surface area contributed by atoms with Gasteiger partial charge < -0.3 is 14.2 Å². The number of nitrogens with zero attached hydrogens (tertiary/aromatic N) is 1. The summed E-state index contributed by atoms with van der Waals surface area (Å²) < 4.78 is 15.7. The number of fused-ring (bicyclic) bond motifs is 1. The lowest BCUT2D eigenvalue weighted by Crippen LogP contribution is -2.24. The van der Waals surface area contributed by atoms with Gasteiger partial charge in [-0.25, -0.2) is 0 Å². The minimum atomic E-state index is -0.556. The van der Waals surface area contributed by atoms with Crippen LogP contribution in [-0.2, 0) is 9.53 Å². The summed E-state index contributed by atoms with van der Waals surface area (Å²) in [6.45, 7) is 5.58. The van der Waals surface area contributed by atoms with Crippen LogP contribution in [0.25, 0.3) is 0 Å². The molecule has 1 aromatic rings. The summed E-state index contributed by atoms with van der Waals surface area (Å²) in [5.41, 5.74) is 0.175. The predicted octanol–water partition coefficient (Wildman–Crippen LogP) is 2.75. The lowest BCUT2D eigenvalue weighted by molar-refractivity contribution is -0.155. The summed E-state index contributed by atoms with van der Waals surface area (Å²) in [6, 6.07) is 7.38. The van der Waals surface area contributed by atoms with Crippen molar-refractivity contribution in [2.45, 2.75) is 38.7 Å². The highest BCUT2D eigenvalue weighted by molar-refractivity contribution is 5.71. The van der Waals surface area contributed by atoms with Crippen LogP contribution in [0.5, 0.6) is 11.5 Å². The number of carbonyl (C=O) groups excluding carboxylic acids is 1. The van der Waals surface area contributed by atoms with Crippen molar-refractivity contribution in [3.05, 3.63) is 23.8 Å². The number of carbonyl (C=O) groups is 1. The van der Waals surface area contributed by atoms with Crippen LogP contribution in [0.15, 0.2) is 18.2 Å². The number of rotatable bonds is 3. The highest BCUT2D eigenvalue weighted by atomic mass is 16.7. The van der Waals surface area contributed by atoms with Crippen molar-refractivity contribution in [1.82, 2.24) is 0 Å². The standard InChI is InChI=1S/C15H17NO4/c1-15(2,3)20-14(17)7-11(8-16)10-4-5-12-13(6-10)19-9-18-12/h4-6,11H,7,9H2,1-3H3. The molecule has 5 nitrogen and oxygen atoms in total. The summed E-state index contributed by atoms with van der Waals surface area (Å²) in [4.78, 5) is 11.8. The second kappa shape index (κ2) is 5.41. The lowest BCUT2D eigenvalue weighted by Gasteiger charge is -2.20. The normalized spacial score (nSPS) is 14.5. The molecule has 0 amide bonds. The maximum absolute atomic E-state index is 11.8. The van der Waals surface area contributed by atoms with Crippen LogP contribution in [0.3, 0.4) is 0 Å². The zero-order valence-electron chi connectivity index (χ0n) is 11.8. The van der Waals surface area contributed by atoms with E-state index >= 15 is 0 Å². The van der Waals surface area contributed by atoms with Gasteiger partial charge in [-0.3, -0.25) is 4.79 Å². The molecule has 0 spiro atoms. The maximum atomic E-state index is 11.8. The molecule has 1 aromatic carbocycles. The number of nitriles is 1. The highest BCUT2D eigenvalue weighted by Gasteiger charge is 2.23. The molecule has 1 aliphatic rings. The molecule has 2 rings (SSSR count). The molecule has 1 aliphatic heterocycles. The smallest absolute Gasteiger partial charge is 0.307 e. The topological polar surface area (TPSA) is 68.6 Å². The number of ether oxygens (including phenoxy) is 3. The van der Waals surface area contributed by atoms with Crippen LogP contribution >= 0.6 is 0 Å². The van der Waals surface area contributed by atoms with Crippen molar-refractivity contribution in [2.75, 3.05) is 6.79 Å². The number of hydrogen-bond acceptors (Lipinski definition) is 5. The van der Waals surface area contributed by atoms with Crippen molar-refractivity contribution in [3.8, 4) is 17.6 Å². The fourth-order valence-electron chi connectivity index (χ4n) is 1.92. The van der Waals surface area contributed by atoms with E-state index in [1.54, 1.807) is 39.0 Å². The molecule has 106 valence electrons. The van der Waals surface area contributed by atoms with Crippen LogP contribution in [0.2, 0.25) is 0 Å². The van der Waals surface area contributed by atoms with Gasteiger partial charge in [-0.05, 0) is 38.5 Å². The second-order valence-corrected chi connectivity index (χ2v) is 5.58. The Morgan fingerprint density at radius 3 is 2.75 bits per heavy atom. The molecule has 0 radical (unpaired) electrons. The van der Waals surface area contributed by atoms with Crippen molar-refractivity contribution >= 4 is 5.97 Å². The molecule has 0 aromatic heterocycles. The van der Waals surface area contributed by atoms with Crippen molar-refractivity contribution in [3.63, 3.8) is 0 Å². The zero-order chi connectivity index (χ0) is 14.8. The van der Waals surface area contributed by atoms with Crippen LogP contribution in [-0.4, -0.2) is 18.4 Å². The number of esters is 1. The quantitative estimate of drug-likeness (QED) is 0.793. The molecular formula is C15H17NO4. The van der Waals surface area contributed by atoms with E-state index in [1.807, 2.05) is 0 Å². The Bertz CT molecular complexity index is 554. The first-order valence-corrected chi connectivity index (χ1v) is 6.40. The summed E-state index contributed by atoms with van der Waals surface area (Å²) in [5.74, 6) is 0.315. The molecule has 20 heavy (non-hydrogen) atoms. The van der Waals surface area contributed by atoms with Gasteiger partial charge in [0.15, 0.2) is 11.5 Å². The van der Waals surface area contributed by atoms with Gasteiger partial charge in [0.05, 0.1) is 18.4 Å². The molecule has 0 N–H and O–H groups in total. The molecule has 1 heterocycles. The van der Waals surface area contributed by atoms with Gasteiger partial charge in [0.2, 0.25) is 6.79 Å². The van der Waals surface area contributed by atoms with Gasteiger partial charge in [-0.1, -0.05) is 6.07 Å². The van der Waals surface area contributed by atoms with Gasteiger partial charge in [0, 0.05) is 0 Å². The molecule has 0 bridgehead atoms. The first-order valence-electron chi connectivity index (χ1n) is 6.40. The van der Waals surface area contributed by atoms with E-state index in [-0.39, 0.29) is 19.2 Å². The van der Waals surface area contributed by atoms with Crippen LogP contribution in [0.4, 0.5) is 0 Å². The Kier molecular flexibility index (Phi) is 3.84. The third kappa shape index (κ3) is 3.41. The van der Waals surface area contributed by atoms with Crippen molar-refractivity contribution in [1.29, 1.82) is 5.26 Å². The van der Waals surface area contributed by atoms with Crippen LogP contribution in [0, 0.1) is 11.3 Å². The van der Waals surface area contributed by atoms with Gasteiger partial charge in [0.25, 0.3) is 0 Å². The monoisotopic (exact) mass is 275 g/mol. The van der Waals surface area contributed by atoms with E-state index in [2.05, 4.69) is 6.07 Å². The molecule has 0 aliphatic carbocycles. The van der Waals surface area contributed by atoms with Crippen LogP contribution < -0.4 is 9.47 Å². The summed E-state index contributed by atoms with van der Waals surface area (Å²) in [6.07, 6.45) is 0.0212. The Labute approximate surface area is 118 Å². The van der Waals surface area contributed by atoms with E-state index in [0.717, 1.165) is 5.56 Å². The highest BCUT2D eigenvalue weighted by Crippen LogP contribution is 2.35. The van der Waals surface area contributed by atoms with E-state index in [1.165, 1.54) is 0 Å². The molecule has 5 heteroatoms. The van der Waals surface area contributed by atoms with Gasteiger partial charge in [0.1, 0.15) is 5.60 Å². The average molecular weight is 275 g/mol. The van der Waals surface area contributed by atoms with Gasteiger partial charge in [-0.2, -0.15) is 5.26 Å². The Morgan fingerprint density at radius 1 is 1.40 bits per heavy atom. The fraction of sp³-hybridized carbons (Fsp3) is 0.467. The zero-order valence-corrected chi connectivity index (χ0v) is 11.8. The largest absolute Gasteiger partial charge is 0.460 e. The summed E-state index contributed by atoms with van der Waals surface area (Å²) >= 11 is 0. The minimum absolute atomic E-state index is 0.0212. The fourth-order valence-corrected chi connectivity index (χ4v) is 1.92. The van der Waals surface area contributed by atoms with E-state index in [9.17, 15) is 10.1 Å². The molecule has 0 saturated carbocycles. The minimum Gasteiger partial charge on any atom is -0.460 e. The maximum Gasteiger partial charge on any atom is 0.307 e. The van der Waals surface area contributed by atoms with Gasteiger partial charge in [-0.15, -0.1) is 0 Å². The SMILES string of the molecule is CC(C)(C)OC(=O)CC(C#N)c1ccc2c(c1)OCO2. The number of hydrogen-bond donors (Lipinski definition) is 0. The van der Waals surface area contributed by atoms with Crippen LogP contribution in [0.1, 0.15) is 38.7 Å². The molecule has 0 saturated heterocycles. The summed E-state index contributed by atoms with van der Waals surface area (Å²) in [7, 11) is 0.